The molecule has 0 spiro atoms. The second-order valence-corrected chi connectivity index (χ2v) is 9.80. The Hall–Kier alpha value is -3.92. The van der Waals surface area contributed by atoms with E-state index in [2.05, 4.69) is 9.69 Å². The van der Waals surface area contributed by atoms with Gasteiger partial charge in [-0.3, -0.25) is 19.3 Å². The van der Waals surface area contributed by atoms with Crippen LogP contribution in [0.3, 0.4) is 0 Å². The van der Waals surface area contributed by atoms with Gasteiger partial charge in [-0.15, -0.1) is 0 Å². The molecule has 1 fully saturated rings. The minimum absolute atomic E-state index is 0.0521. The summed E-state index contributed by atoms with van der Waals surface area (Å²) in [7, 11) is 3.87. The minimum Gasteiger partial charge on any atom is -0.395 e. The van der Waals surface area contributed by atoms with Crippen molar-refractivity contribution in [1.82, 2.24) is 9.69 Å². The number of primary amides is 1. The molecule has 0 aliphatic heterocycles. The van der Waals surface area contributed by atoms with Crippen LogP contribution in [-0.2, 0) is 4.79 Å². The zero-order valence-electron chi connectivity index (χ0n) is 20.3. The first kappa shape index (κ1) is 25.2. The Morgan fingerprint density at radius 2 is 1.64 bits per heavy atom. The third kappa shape index (κ3) is 5.18. The number of hydrogen-bond acceptors (Lipinski definition) is 7. The van der Waals surface area contributed by atoms with Gasteiger partial charge in [0.1, 0.15) is 10.9 Å². The first-order valence-electron chi connectivity index (χ1n) is 11.8. The molecule has 36 heavy (non-hydrogen) atoms. The van der Waals surface area contributed by atoms with Crippen molar-refractivity contribution in [2.75, 3.05) is 29.6 Å². The van der Waals surface area contributed by atoms with Crippen LogP contribution in [0.25, 0.3) is 0 Å². The van der Waals surface area contributed by atoms with Crippen LogP contribution < -0.4 is 26.6 Å². The number of rotatable bonds is 8. The van der Waals surface area contributed by atoms with Crippen LogP contribution in [0.5, 0.6) is 0 Å². The minimum atomic E-state index is -0.977. The number of nitrogens with zero attached hydrogens (tertiary/aromatic N) is 3. The van der Waals surface area contributed by atoms with Gasteiger partial charge in [0.15, 0.2) is 5.69 Å². The van der Waals surface area contributed by atoms with Gasteiger partial charge in [-0.05, 0) is 54.2 Å². The van der Waals surface area contributed by atoms with Crippen molar-refractivity contribution >= 4 is 46.3 Å². The maximum absolute atomic E-state index is 14.0. The molecule has 2 aromatic carbocycles. The molecule has 1 aromatic heterocycles. The molecular formula is C26H30N6O3S. The predicted molar refractivity (Wildman–Crippen MR) is 142 cm³/mol. The third-order valence-corrected chi connectivity index (χ3v) is 7.19. The molecule has 188 valence electrons. The van der Waals surface area contributed by atoms with E-state index in [0.717, 1.165) is 42.9 Å². The summed E-state index contributed by atoms with van der Waals surface area (Å²) >= 11 is 0.794. The van der Waals surface area contributed by atoms with E-state index in [-0.39, 0.29) is 28.2 Å². The molecule has 3 amide bonds. The maximum Gasteiger partial charge on any atom is 0.273 e. The predicted octanol–water partition coefficient (Wildman–Crippen LogP) is 3.34. The van der Waals surface area contributed by atoms with E-state index in [9.17, 15) is 14.4 Å². The molecular weight excluding hydrogens is 476 g/mol. The Labute approximate surface area is 214 Å². The van der Waals surface area contributed by atoms with Crippen molar-refractivity contribution in [3.8, 4) is 0 Å². The van der Waals surface area contributed by atoms with Crippen molar-refractivity contribution in [3.63, 3.8) is 0 Å². The molecule has 1 atom stereocenters. The Balaban J connectivity index is 1.83. The molecule has 4 rings (SSSR count). The monoisotopic (exact) mass is 506 g/mol. The highest BCUT2D eigenvalue weighted by Crippen LogP contribution is 2.34. The van der Waals surface area contributed by atoms with Crippen molar-refractivity contribution < 1.29 is 14.4 Å². The number of amides is 3. The molecule has 1 unspecified atom stereocenters. The maximum atomic E-state index is 14.0. The van der Waals surface area contributed by atoms with E-state index < -0.39 is 17.9 Å². The summed E-state index contributed by atoms with van der Waals surface area (Å²) in [5.74, 6) is -1.63. The second kappa shape index (κ2) is 10.8. The van der Waals surface area contributed by atoms with Crippen LogP contribution in [0, 0.1) is 0 Å². The van der Waals surface area contributed by atoms with E-state index in [1.807, 2.05) is 49.3 Å². The summed E-state index contributed by atoms with van der Waals surface area (Å²) in [6, 6.07) is 15.5. The molecule has 3 aromatic rings. The summed E-state index contributed by atoms with van der Waals surface area (Å²) in [5.41, 5.74) is 13.4. The van der Waals surface area contributed by atoms with Gasteiger partial charge in [0, 0.05) is 31.5 Å². The summed E-state index contributed by atoms with van der Waals surface area (Å²) < 4.78 is 3.99. The Bertz CT molecular complexity index is 1240. The lowest BCUT2D eigenvalue weighted by atomic mass is 10.0. The number of aromatic nitrogens is 1. The molecule has 1 aliphatic carbocycles. The van der Waals surface area contributed by atoms with Crippen LogP contribution in [-0.4, -0.2) is 42.2 Å². The van der Waals surface area contributed by atoms with Crippen molar-refractivity contribution in [1.29, 1.82) is 0 Å². The highest BCUT2D eigenvalue weighted by atomic mass is 32.1. The highest BCUT2D eigenvalue weighted by molar-refractivity contribution is 7.09. The normalized spacial score (nSPS) is 14.3. The van der Waals surface area contributed by atoms with E-state index in [1.165, 1.54) is 4.90 Å². The molecule has 0 saturated heterocycles. The van der Waals surface area contributed by atoms with Gasteiger partial charge in [-0.2, -0.15) is 4.37 Å². The first-order chi connectivity index (χ1) is 17.3. The molecule has 10 heteroatoms. The van der Waals surface area contributed by atoms with E-state index in [1.54, 1.807) is 24.3 Å². The number of carbonyl (C=O) groups excluding carboxylic acids is 3. The van der Waals surface area contributed by atoms with Gasteiger partial charge >= 0.3 is 0 Å². The zero-order valence-corrected chi connectivity index (χ0v) is 21.1. The van der Waals surface area contributed by atoms with Gasteiger partial charge in [0.2, 0.25) is 5.91 Å². The number of nitrogens with one attached hydrogen (secondary N) is 1. The molecule has 9 nitrogen and oxygen atoms in total. The third-order valence-electron chi connectivity index (χ3n) is 6.34. The topological polar surface area (TPSA) is 135 Å². The Kier molecular flexibility index (Phi) is 7.54. The summed E-state index contributed by atoms with van der Waals surface area (Å²) in [4.78, 5) is 43.0. The van der Waals surface area contributed by atoms with Crippen LogP contribution in [0.15, 0.2) is 54.6 Å². The number of nitrogen functional groups attached to an aromatic ring is 1. The average molecular weight is 507 g/mol. The number of nitrogens with two attached hydrogens (primary N) is 2. The molecule has 0 bridgehead atoms. The van der Waals surface area contributed by atoms with Gasteiger partial charge in [0.25, 0.3) is 11.8 Å². The van der Waals surface area contributed by atoms with Crippen LogP contribution in [0.1, 0.15) is 57.4 Å². The fourth-order valence-corrected chi connectivity index (χ4v) is 5.18. The number of carbonyl (C=O) groups is 3. The Morgan fingerprint density at radius 1 is 1.00 bits per heavy atom. The molecule has 5 N–H and O–H groups in total. The van der Waals surface area contributed by atoms with Crippen molar-refractivity contribution in [2.45, 2.75) is 37.8 Å². The highest BCUT2D eigenvalue weighted by Gasteiger charge is 2.37. The Morgan fingerprint density at radius 3 is 2.19 bits per heavy atom. The quantitative estimate of drug-likeness (QED) is 0.429. The van der Waals surface area contributed by atoms with E-state index >= 15 is 0 Å². The number of para-hydroxylation sites is 1. The molecule has 1 heterocycles. The first-order valence-corrected chi connectivity index (χ1v) is 12.6. The van der Waals surface area contributed by atoms with E-state index in [0.29, 0.717) is 11.3 Å². The standard InChI is InChI=1S/C26H30N6O3S/c1-31(2)18-14-12-16(13-15-18)22(25(34)29-17-8-6-7-9-17)32(19-10-4-3-5-11-19)26(35)23-20(27)21(24(28)33)30-36-23/h3-5,10-15,17,22H,6-9,27H2,1-2H3,(H2,28,33)(H,29,34). The number of anilines is 3. The second-order valence-electron chi connectivity index (χ2n) is 9.03. The zero-order chi connectivity index (χ0) is 25.8. The summed E-state index contributed by atoms with van der Waals surface area (Å²) in [6.45, 7) is 0. The molecule has 1 saturated carbocycles. The lowest BCUT2D eigenvalue weighted by Gasteiger charge is -2.32. The molecule has 0 radical (unpaired) electrons. The van der Waals surface area contributed by atoms with E-state index in [4.69, 9.17) is 11.5 Å². The SMILES string of the molecule is CN(C)c1ccc(C(C(=O)NC2CCCC2)N(C(=O)c2snc(C(N)=O)c2N)c2ccccc2)cc1. The van der Waals surface area contributed by atoms with Crippen LogP contribution >= 0.6 is 11.5 Å². The van der Waals surface area contributed by atoms with Crippen molar-refractivity contribution in [2.24, 2.45) is 5.73 Å². The van der Waals surface area contributed by atoms with Crippen LogP contribution in [0.4, 0.5) is 17.1 Å². The smallest absolute Gasteiger partial charge is 0.273 e. The van der Waals surface area contributed by atoms with Gasteiger partial charge in [-0.1, -0.05) is 43.2 Å². The van der Waals surface area contributed by atoms with Gasteiger partial charge in [-0.25, -0.2) is 0 Å². The lowest BCUT2D eigenvalue weighted by Crippen LogP contribution is -2.46. The van der Waals surface area contributed by atoms with Gasteiger partial charge < -0.3 is 21.7 Å². The van der Waals surface area contributed by atoms with Crippen LogP contribution in [0.2, 0.25) is 0 Å². The largest absolute Gasteiger partial charge is 0.395 e. The summed E-state index contributed by atoms with van der Waals surface area (Å²) in [5, 5.41) is 3.15. The summed E-state index contributed by atoms with van der Waals surface area (Å²) in [6.07, 6.45) is 3.92. The average Bonchev–Trinajstić information content (AvgIpc) is 3.52. The van der Waals surface area contributed by atoms with Crippen molar-refractivity contribution in [3.05, 3.63) is 70.7 Å². The lowest BCUT2D eigenvalue weighted by molar-refractivity contribution is -0.123. The molecule has 1 aliphatic rings. The fraction of sp³-hybridized carbons (Fsp3) is 0.308. The number of benzene rings is 2. The van der Waals surface area contributed by atoms with Gasteiger partial charge in [0.05, 0.1) is 5.69 Å². The fourth-order valence-electron chi connectivity index (χ4n) is 4.43. The number of hydrogen-bond donors (Lipinski definition) is 3.